The van der Waals surface area contributed by atoms with E-state index in [2.05, 4.69) is 27.3 Å². The van der Waals surface area contributed by atoms with E-state index in [1.54, 1.807) is 33.9 Å². The van der Waals surface area contributed by atoms with E-state index < -0.39 is 73.8 Å². The number of carbonyl (C=O) groups is 4. The van der Waals surface area contributed by atoms with E-state index in [1.165, 1.54) is 4.90 Å². The first-order chi connectivity index (χ1) is 26.4. The van der Waals surface area contributed by atoms with Gasteiger partial charge in [-0.1, -0.05) is 32.4 Å². The zero-order valence-corrected chi connectivity index (χ0v) is 34.4. The fourth-order valence-electron chi connectivity index (χ4n) is 7.89. The molecule has 2 aliphatic heterocycles. The van der Waals surface area contributed by atoms with E-state index in [-0.39, 0.29) is 31.2 Å². The lowest BCUT2D eigenvalue weighted by Crippen LogP contribution is -2.59. The Balaban J connectivity index is 1.36. The molecule has 3 fully saturated rings. The summed E-state index contributed by atoms with van der Waals surface area (Å²) in [5, 5.41) is 7.33. The summed E-state index contributed by atoms with van der Waals surface area (Å²) in [6.45, 7) is 13.3. The Morgan fingerprint density at radius 3 is 2.54 bits per heavy atom. The van der Waals surface area contributed by atoms with Crippen LogP contribution in [0.25, 0.3) is 10.8 Å². The summed E-state index contributed by atoms with van der Waals surface area (Å²) in [6, 6.07) is 5.24. The fourth-order valence-corrected chi connectivity index (χ4v) is 9.20. The van der Waals surface area contributed by atoms with Crippen LogP contribution in [0.15, 0.2) is 42.6 Å². The van der Waals surface area contributed by atoms with Crippen LogP contribution in [0.5, 0.6) is 11.6 Å². The zero-order chi connectivity index (χ0) is 40.6. The molecule has 6 rings (SSSR count). The first-order valence-corrected chi connectivity index (χ1v) is 21.4. The number of aromatic nitrogens is 1. The number of benzene rings is 1. The van der Waals surface area contributed by atoms with Crippen LogP contribution in [-0.4, -0.2) is 89.3 Å². The molecular weight excluding hydrogens is 739 g/mol. The van der Waals surface area contributed by atoms with Crippen LogP contribution in [0.2, 0.25) is 0 Å². The molecule has 4 amide bonds. The van der Waals surface area contributed by atoms with E-state index in [0.29, 0.717) is 50.3 Å². The number of sulfonamides is 1. The molecule has 1 saturated heterocycles. The van der Waals surface area contributed by atoms with Gasteiger partial charge in [0.1, 0.15) is 35.1 Å². The molecule has 14 nitrogen and oxygen atoms in total. The van der Waals surface area contributed by atoms with Crippen molar-refractivity contribution in [3.63, 3.8) is 0 Å². The molecule has 1 aromatic carbocycles. The van der Waals surface area contributed by atoms with Gasteiger partial charge in [0.15, 0.2) is 0 Å². The van der Waals surface area contributed by atoms with Crippen LogP contribution in [0.4, 0.5) is 4.79 Å². The predicted octanol–water partition coefficient (Wildman–Crippen LogP) is 5.15. The standard InChI is InChI=1S/C41H57N5O9S/c1-8-26-20-25(3)12-10-11-13-28-23-41(28,37(49)45-56(51,52)40(7)17-18-40)44-34(47)32-22-30(24-46(32)36(48)33(26)43-38(50)55-39(4,5)6)54-35-31-15-14-29(53-9-2)21-27(31)16-19-42-35/h11,13-16,19,21,25-26,28,30,32-33H,8-10,12,17-18,20,22-24H2,1-7H3,(H,43,50)(H,44,47)(H,45,49)/b13-11-/t25-,26-,28-,30-,32+,33+,41-/m1/s1. The Bertz CT molecular complexity index is 1980. The number of carbonyl (C=O) groups excluding carboxylic acids is 4. The number of fused-ring (bicyclic) bond motifs is 3. The van der Waals surface area contributed by atoms with Crippen molar-refractivity contribution in [3.05, 3.63) is 42.6 Å². The van der Waals surface area contributed by atoms with E-state index in [4.69, 9.17) is 14.2 Å². The summed E-state index contributed by atoms with van der Waals surface area (Å²) in [5.41, 5.74) is -2.35. The summed E-state index contributed by atoms with van der Waals surface area (Å²) < 4.78 is 45.5. The van der Waals surface area contributed by atoms with E-state index >= 15 is 0 Å². The third kappa shape index (κ3) is 8.92. The maximum Gasteiger partial charge on any atom is 0.408 e. The van der Waals surface area contributed by atoms with Gasteiger partial charge in [0.25, 0.3) is 5.91 Å². The van der Waals surface area contributed by atoms with Crippen molar-refractivity contribution in [2.24, 2.45) is 17.8 Å². The normalized spacial score (nSPS) is 29.7. The molecule has 4 aliphatic rings. The van der Waals surface area contributed by atoms with Crippen LogP contribution in [-0.2, 0) is 29.1 Å². The molecule has 2 saturated carbocycles. The van der Waals surface area contributed by atoms with Crippen molar-refractivity contribution in [2.75, 3.05) is 13.2 Å². The van der Waals surface area contributed by atoms with E-state index in [1.807, 2.05) is 50.3 Å². The number of hydrogen-bond donors (Lipinski definition) is 3. The second kappa shape index (κ2) is 15.9. The number of hydrogen-bond acceptors (Lipinski definition) is 10. The fraction of sp³-hybridized carbons (Fsp3) is 0.634. The number of alkyl carbamates (subject to hydrolysis) is 1. The van der Waals surface area contributed by atoms with Gasteiger partial charge in [-0.15, -0.1) is 0 Å². The van der Waals surface area contributed by atoms with E-state index in [0.717, 1.165) is 17.2 Å². The van der Waals surface area contributed by atoms with Gasteiger partial charge in [0.2, 0.25) is 27.7 Å². The quantitative estimate of drug-likeness (QED) is 0.287. The summed E-state index contributed by atoms with van der Waals surface area (Å²) in [6.07, 6.45) is 7.80. The van der Waals surface area contributed by atoms with Crippen molar-refractivity contribution < 1.29 is 41.8 Å². The number of pyridine rings is 1. The highest BCUT2D eigenvalue weighted by Gasteiger charge is 2.63. The second-order valence-electron chi connectivity index (χ2n) is 17.2. The first-order valence-electron chi connectivity index (χ1n) is 19.9. The van der Waals surface area contributed by atoms with Gasteiger partial charge in [0, 0.05) is 23.9 Å². The molecule has 56 heavy (non-hydrogen) atoms. The predicted molar refractivity (Wildman–Crippen MR) is 210 cm³/mol. The number of rotatable bonds is 9. The Hall–Kier alpha value is -4.40. The molecule has 0 bridgehead atoms. The largest absolute Gasteiger partial charge is 0.494 e. The molecule has 7 atom stereocenters. The molecule has 15 heteroatoms. The van der Waals surface area contributed by atoms with Crippen LogP contribution in [0, 0.1) is 17.8 Å². The average Bonchev–Trinajstić information content (AvgIpc) is 4.00. The third-order valence-electron chi connectivity index (χ3n) is 11.6. The van der Waals surface area contributed by atoms with Crippen LogP contribution < -0.4 is 24.8 Å². The molecule has 0 unspecified atom stereocenters. The maximum absolute atomic E-state index is 14.9. The van der Waals surface area contributed by atoms with E-state index in [9.17, 15) is 27.6 Å². The minimum absolute atomic E-state index is 0.0141. The summed E-state index contributed by atoms with van der Waals surface area (Å²) in [5.74, 6) is -1.46. The van der Waals surface area contributed by atoms with Crippen LogP contribution >= 0.6 is 0 Å². The van der Waals surface area contributed by atoms with Gasteiger partial charge in [-0.3, -0.25) is 19.1 Å². The smallest absolute Gasteiger partial charge is 0.408 e. The number of nitrogens with zero attached hydrogens (tertiary/aromatic N) is 2. The summed E-state index contributed by atoms with van der Waals surface area (Å²) >= 11 is 0. The Morgan fingerprint density at radius 2 is 1.86 bits per heavy atom. The Kier molecular flexibility index (Phi) is 11.7. The zero-order valence-electron chi connectivity index (χ0n) is 33.6. The highest BCUT2D eigenvalue weighted by Crippen LogP contribution is 2.47. The topological polar surface area (TPSA) is 182 Å². The lowest BCUT2D eigenvalue weighted by molar-refractivity contribution is -0.142. The average molecular weight is 796 g/mol. The highest BCUT2D eigenvalue weighted by molar-refractivity contribution is 7.91. The number of amides is 4. The van der Waals surface area contributed by atoms with Gasteiger partial charge >= 0.3 is 6.09 Å². The van der Waals surface area contributed by atoms with Crippen molar-refractivity contribution in [3.8, 4) is 11.6 Å². The lowest BCUT2D eigenvalue weighted by Gasteiger charge is -2.34. The third-order valence-corrected chi connectivity index (χ3v) is 13.7. The van der Waals surface area contributed by atoms with Gasteiger partial charge in [-0.2, -0.15) is 0 Å². The van der Waals surface area contributed by atoms with Crippen molar-refractivity contribution >= 4 is 44.6 Å². The second-order valence-corrected chi connectivity index (χ2v) is 19.4. The van der Waals surface area contributed by atoms with Gasteiger partial charge in [-0.05, 0) is 115 Å². The van der Waals surface area contributed by atoms with Gasteiger partial charge in [-0.25, -0.2) is 18.2 Å². The van der Waals surface area contributed by atoms with Crippen molar-refractivity contribution in [1.82, 2.24) is 25.2 Å². The summed E-state index contributed by atoms with van der Waals surface area (Å²) in [4.78, 5) is 62.7. The van der Waals surface area contributed by atoms with Crippen molar-refractivity contribution in [1.29, 1.82) is 0 Å². The van der Waals surface area contributed by atoms with Crippen molar-refractivity contribution in [2.45, 2.75) is 134 Å². The lowest BCUT2D eigenvalue weighted by atomic mass is 9.85. The minimum atomic E-state index is -4.00. The summed E-state index contributed by atoms with van der Waals surface area (Å²) in [7, 11) is -4.00. The number of nitrogens with one attached hydrogen (secondary N) is 3. The molecule has 3 N–H and O–H groups in total. The molecule has 1 aromatic heterocycles. The highest BCUT2D eigenvalue weighted by atomic mass is 32.2. The molecule has 2 aromatic rings. The SMILES string of the molecule is CCOc1ccc2c(O[C@@H]3C[C@H]4C(=O)N[C@]5(C(=O)NS(=O)(=O)C6(C)CC6)C[C@H]5/C=C\CC[C@@H](C)C[C@@H](CC)[C@H](NC(=O)OC(C)(C)C)C(=O)N4C3)nccc2c1. The molecule has 0 spiro atoms. The minimum Gasteiger partial charge on any atom is -0.494 e. The molecular formula is C41H57N5O9S. The monoisotopic (exact) mass is 795 g/mol. The van der Waals surface area contributed by atoms with Gasteiger partial charge in [0.05, 0.1) is 17.9 Å². The maximum atomic E-state index is 14.9. The molecule has 2 aliphatic carbocycles. The molecule has 3 heterocycles. The Labute approximate surface area is 329 Å². The number of allylic oxidation sites excluding steroid dienone is 1. The van der Waals surface area contributed by atoms with Crippen LogP contribution in [0.1, 0.15) is 99.8 Å². The molecule has 0 radical (unpaired) electrons. The first kappa shape index (κ1) is 41.2. The van der Waals surface area contributed by atoms with Gasteiger partial charge < -0.3 is 29.7 Å². The van der Waals surface area contributed by atoms with Crippen LogP contribution in [0.3, 0.4) is 0 Å². The Morgan fingerprint density at radius 1 is 1.11 bits per heavy atom. The molecule has 306 valence electrons. The number of ether oxygens (including phenoxy) is 3.